The molecule has 2 N–H and O–H groups in total. The number of nitrogens with zero attached hydrogens (tertiary/aromatic N) is 1. The van der Waals surface area contributed by atoms with Crippen molar-refractivity contribution < 1.29 is 4.79 Å². The van der Waals surface area contributed by atoms with Crippen molar-refractivity contribution in [1.82, 2.24) is 4.90 Å². The standard InChI is InChI=1S/C10H18N2OS2/c1-2-5-12(7-9(11)14)10(13)8-4-3-6-15-8/h8H,2-7H2,1H3,(H2,11,14). The summed E-state index contributed by atoms with van der Waals surface area (Å²) < 4.78 is 0. The van der Waals surface area contributed by atoms with Gasteiger partial charge in [0.2, 0.25) is 5.91 Å². The second-order valence-electron chi connectivity index (χ2n) is 3.73. The summed E-state index contributed by atoms with van der Waals surface area (Å²) in [5.74, 6) is 1.32. The normalized spacial score (nSPS) is 20.2. The molecule has 5 heteroatoms. The molecule has 0 aromatic heterocycles. The summed E-state index contributed by atoms with van der Waals surface area (Å²) in [5.41, 5.74) is 5.49. The van der Waals surface area contributed by atoms with Crippen LogP contribution in [0.2, 0.25) is 0 Å². The van der Waals surface area contributed by atoms with Gasteiger partial charge in [0.1, 0.15) is 0 Å². The summed E-state index contributed by atoms with van der Waals surface area (Å²) in [6, 6.07) is 0. The fraction of sp³-hybridized carbons (Fsp3) is 0.800. The second-order valence-corrected chi connectivity index (χ2v) is 5.56. The van der Waals surface area contributed by atoms with Gasteiger partial charge < -0.3 is 10.6 Å². The number of amides is 1. The van der Waals surface area contributed by atoms with E-state index < -0.39 is 0 Å². The van der Waals surface area contributed by atoms with Gasteiger partial charge in [0.05, 0.1) is 16.8 Å². The predicted molar refractivity (Wildman–Crippen MR) is 69.1 cm³/mol. The van der Waals surface area contributed by atoms with Gasteiger partial charge in [-0.25, -0.2) is 0 Å². The Kier molecular flexibility index (Phi) is 5.39. The highest BCUT2D eigenvalue weighted by Crippen LogP contribution is 2.27. The van der Waals surface area contributed by atoms with E-state index >= 15 is 0 Å². The molecule has 1 amide bonds. The van der Waals surface area contributed by atoms with Crippen LogP contribution in [0, 0.1) is 0 Å². The van der Waals surface area contributed by atoms with Gasteiger partial charge >= 0.3 is 0 Å². The Labute approximate surface area is 101 Å². The second kappa shape index (κ2) is 6.33. The summed E-state index contributed by atoms with van der Waals surface area (Å²) in [7, 11) is 0. The first kappa shape index (κ1) is 12.8. The number of hydrogen-bond donors (Lipinski definition) is 1. The molecule has 0 spiro atoms. The van der Waals surface area contributed by atoms with Crippen LogP contribution in [0.15, 0.2) is 0 Å². The molecule has 1 atom stereocenters. The number of carbonyl (C=O) groups excluding carboxylic acids is 1. The van der Waals surface area contributed by atoms with E-state index in [0.29, 0.717) is 11.5 Å². The summed E-state index contributed by atoms with van der Waals surface area (Å²) in [6.45, 7) is 3.24. The molecule has 1 heterocycles. The van der Waals surface area contributed by atoms with E-state index in [1.807, 2.05) is 0 Å². The molecule has 15 heavy (non-hydrogen) atoms. The topological polar surface area (TPSA) is 46.3 Å². The lowest BCUT2D eigenvalue weighted by Crippen LogP contribution is -2.42. The molecule has 0 aromatic rings. The van der Waals surface area contributed by atoms with Crippen molar-refractivity contribution in [2.24, 2.45) is 5.73 Å². The number of hydrogen-bond acceptors (Lipinski definition) is 3. The van der Waals surface area contributed by atoms with Gasteiger partial charge in [0.15, 0.2) is 0 Å². The molecule has 1 unspecified atom stereocenters. The van der Waals surface area contributed by atoms with Crippen molar-refractivity contribution in [2.45, 2.75) is 31.4 Å². The van der Waals surface area contributed by atoms with Crippen LogP contribution in [0.1, 0.15) is 26.2 Å². The maximum atomic E-state index is 12.1. The van der Waals surface area contributed by atoms with Crippen LogP contribution < -0.4 is 5.73 Å². The van der Waals surface area contributed by atoms with Gasteiger partial charge in [-0.05, 0) is 25.0 Å². The van der Waals surface area contributed by atoms with E-state index in [0.717, 1.165) is 31.6 Å². The summed E-state index contributed by atoms with van der Waals surface area (Å²) in [4.78, 5) is 14.3. The van der Waals surface area contributed by atoms with Gasteiger partial charge in [0, 0.05) is 6.54 Å². The van der Waals surface area contributed by atoms with Crippen molar-refractivity contribution in [3.8, 4) is 0 Å². The minimum atomic E-state index is 0.144. The zero-order valence-corrected chi connectivity index (χ0v) is 10.7. The molecule has 0 aliphatic carbocycles. The highest BCUT2D eigenvalue weighted by Gasteiger charge is 2.27. The average Bonchev–Trinajstić information content (AvgIpc) is 2.68. The van der Waals surface area contributed by atoms with E-state index in [2.05, 4.69) is 6.92 Å². The zero-order chi connectivity index (χ0) is 11.3. The molecule has 0 aromatic carbocycles. The summed E-state index contributed by atoms with van der Waals surface area (Å²) in [5, 5.41) is 0.144. The van der Waals surface area contributed by atoms with E-state index in [9.17, 15) is 4.79 Å². The molecule has 1 fully saturated rings. The molecule has 1 aliphatic heterocycles. The first-order chi connectivity index (χ1) is 7.15. The van der Waals surface area contributed by atoms with E-state index in [1.165, 1.54) is 0 Å². The van der Waals surface area contributed by atoms with E-state index in [-0.39, 0.29) is 11.2 Å². The smallest absolute Gasteiger partial charge is 0.236 e. The van der Waals surface area contributed by atoms with Gasteiger partial charge in [-0.3, -0.25) is 4.79 Å². The molecule has 0 radical (unpaired) electrons. The molecule has 1 rings (SSSR count). The quantitative estimate of drug-likeness (QED) is 0.745. The van der Waals surface area contributed by atoms with Crippen LogP contribution in [-0.4, -0.2) is 39.9 Å². The van der Waals surface area contributed by atoms with Gasteiger partial charge in [-0.2, -0.15) is 0 Å². The Morgan fingerprint density at radius 3 is 2.87 bits per heavy atom. The molecule has 0 saturated carbocycles. The van der Waals surface area contributed by atoms with Crippen LogP contribution in [-0.2, 0) is 4.79 Å². The first-order valence-electron chi connectivity index (χ1n) is 5.33. The van der Waals surface area contributed by atoms with Gasteiger partial charge in [-0.15, -0.1) is 11.8 Å². The minimum absolute atomic E-state index is 0.144. The molecular formula is C10H18N2OS2. The van der Waals surface area contributed by atoms with Crippen LogP contribution in [0.5, 0.6) is 0 Å². The van der Waals surface area contributed by atoms with Gasteiger partial charge in [0.25, 0.3) is 0 Å². The lowest BCUT2D eigenvalue weighted by Gasteiger charge is -2.24. The number of rotatable bonds is 5. The SMILES string of the molecule is CCCN(CC(N)=S)C(=O)C1CCCS1. The highest BCUT2D eigenvalue weighted by molar-refractivity contribution is 8.00. The Morgan fingerprint density at radius 2 is 2.40 bits per heavy atom. The first-order valence-corrected chi connectivity index (χ1v) is 6.79. The molecular weight excluding hydrogens is 228 g/mol. The number of thioether (sulfide) groups is 1. The van der Waals surface area contributed by atoms with Crippen molar-refractivity contribution in [3.05, 3.63) is 0 Å². The van der Waals surface area contributed by atoms with E-state index in [1.54, 1.807) is 16.7 Å². The lowest BCUT2D eigenvalue weighted by atomic mass is 10.2. The van der Waals surface area contributed by atoms with Crippen LogP contribution in [0.25, 0.3) is 0 Å². The van der Waals surface area contributed by atoms with Crippen LogP contribution >= 0.6 is 24.0 Å². The maximum absolute atomic E-state index is 12.1. The maximum Gasteiger partial charge on any atom is 0.236 e. The minimum Gasteiger partial charge on any atom is -0.392 e. The summed E-state index contributed by atoms with van der Waals surface area (Å²) in [6.07, 6.45) is 3.10. The third-order valence-corrected chi connectivity index (χ3v) is 3.85. The largest absolute Gasteiger partial charge is 0.392 e. The number of nitrogens with two attached hydrogens (primary N) is 1. The highest BCUT2D eigenvalue weighted by atomic mass is 32.2. The Morgan fingerprint density at radius 1 is 1.67 bits per heavy atom. The van der Waals surface area contributed by atoms with Crippen molar-refractivity contribution in [1.29, 1.82) is 0 Å². The molecule has 3 nitrogen and oxygen atoms in total. The Balaban J connectivity index is 2.52. The van der Waals surface area contributed by atoms with Crippen LogP contribution in [0.4, 0.5) is 0 Å². The van der Waals surface area contributed by atoms with Crippen molar-refractivity contribution in [2.75, 3.05) is 18.8 Å². The van der Waals surface area contributed by atoms with Crippen molar-refractivity contribution >= 4 is 34.9 Å². The Bertz CT molecular complexity index is 240. The third kappa shape index (κ3) is 3.99. The van der Waals surface area contributed by atoms with E-state index in [4.69, 9.17) is 18.0 Å². The number of thiocarbonyl (C=S) groups is 1. The predicted octanol–water partition coefficient (Wildman–Crippen LogP) is 1.41. The lowest BCUT2D eigenvalue weighted by molar-refractivity contribution is -0.129. The average molecular weight is 246 g/mol. The van der Waals surface area contributed by atoms with Crippen molar-refractivity contribution in [3.63, 3.8) is 0 Å². The molecule has 1 saturated heterocycles. The molecule has 0 bridgehead atoms. The number of carbonyl (C=O) groups is 1. The fourth-order valence-corrected chi connectivity index (χ4v) is 3.10. The molecule has 86 valence electrons. The van der Waals surface area contributed by atoms with Crippen LogP contribution in [0.3, 0.4) is 0 Å². The third-order valence-electron chi connectivity index (χ3n) is 2.36. The zero-order valence-electron chi connectivity index (χ0n) is 9.07. The fourth-order valence-electron chi connectivity index (χ4n) is 1.70. The van der Waals surface area contributed by atoms with Gasteiger partial charge in [-0.1, -0.05) is 19.1 Å². The Hall–Kier alpha value is -0.290. The summed E-state index contributed by atoms with van der Waals surface area (Å²) >= 11 is 6.61. The monoisotopic (exact) mass is 246 g/mol. The molecule has 1 aliphatic rings.